The molecule has 2 amide bonds. The Morgan fingerprint density at radius 2 is 1.35 bits per heavy atom. The molecule has 1 N–H and O–H groups in total. The molecular formula is C35H32N2O9S2. The molecule has 0 saturated carbocycles. The number of hydrogen-bond acceptors (Lipinski definition) is 10. The Hall–Kier alpha value is -5.27. The summed E-state index contributed by atoms with van der Waals surface area (Å²) in [6.07, 6.45) is -1.88. The van der Waals surface area contributed by atoms with E-state index in [2.05, 4.69) is 5.32 Å². The fraction of sp³-hybridized carbons (Fsp3) is 0.171. The van der Waals surface area contributed by atoms with Gasteiger partial charge >= 0.3 is 12.1 Å². The average Bonchev–Trinajstić information content (AvgIpc) is 3.12. The summed E-state index contributed by atoms with van der Waals surface area (Å²) in [6, 6.07) is 30.7. The van der Waals surface area contributed by atoms with Crippen molar-refractivity contribution in [3.63, 3.8) is 0 Å². The van der Waals surface area contributed by atoms with Gasteiger partial charge in [-0.3, -0.25) is 9.69 Å². The van der Waals surface area contributed by atoms with E-state index in [-0.39, 0.29) is 27.9 Å². The fourth-order valence-corrected chi connectivity index (χ4v) is 8.64. The maximum Gasteiger partial charge on any atom is 0.413 e. The van der Waals surface area contributed by atoms with Crippen LogP contribution in [0.15, 0.2) is 132 Å². The molecule has 48 heavy (non-hydrogen) atoms. The van der Waals surface area contributed by atoms with Crippen molar-refractivity contribution in [3.8, 4) is 11.5 Å². The third-order valence-electron chi connectivity index (χ3n) is 7.34. The molecule has 5 rings (SSSR count). The second kappa shape index (κ2) is 15.1. The summed E-state index contributed by atoms with van der Waals surface area (Å²) in [6.45, 7) is 1.45. The van der Waals surface area contributed by atoms with Gasteiger partial charge in [0.2, 0.25) is 8.87 Å². The minimum Gasteiger partial charge on any atom is -0.499 e. The van der Waals surface area contributed by atoms with E-state index < -0.39 is 44.4 Å². The van der Waals surface area contributed by atoms with Crippen LogP contribution in [0.2, 0.25) is 0 Å². The van der Waals surface area contributed by atoms with Gasteiger partial charge in [-0.25, -0.2) is 18.0 Å². The summed E-state index contributed by atoms with van der Waals surface area (Å²) < 4.78 is 49.7. The van der Waals surface area contributed by atoms with Crippen molar-refractivity contribution in [1.82, 2.24) is 10.2 Å². The van der Waals surface area contributed by atoms with Gasteiger partial charge in [-0.05, 0) is 42.3 Å². The largest absolute Gasteiger partial charge is 0.499 e. The predicted molar refractivity (Wildman–Crippen MR) is 178 cm³/mol. The number of para-hydroxylation sites is 2. The first-order valence-electron chi connectivity index (χ1n) is 14.6. The summed E-state index contributed by atoms with van der Waals surface area (Å²) in [7, 11) is -1.27. The first-order valence-corrected chi connectivity index (χ1v) is 17.5. The number of hydrogen-bond donors (Lipinski definition) is 1. The van der Waals surface area contributed by atoms with Crippen molar-refractivity contribution in [2.75, 3.05) is 14.2 Å². The summed E-state index contributed by atoms with van der Waals surface area (Å²) in [5, 5.41) is 1.10. The molecule has 2 unspecified atom stereocenters. The minimum absolute atomic E-state index is 0.0150. The Morgan fingerprint density at radius 3 is 1.92 bits per heavy atom. The number of likely N-dealkylation sites (tertiary alicyclic amines) is 1. The number of nitrogens with one attached hydrogen (secondary N) is 1. The highest BCUT2D eigenvalue weighted by Crippen LogP contribution is 2.43. The van der Waals surface area contributed by atoms with E-state index in [0.29, 0.717) is 21.9 Å². The Morgan fingerprint density at radius 1 is 0.812 bits per heavy atom. The molecule has 4 aromatic rings. The lowest BCUT2D eigenvalue weighted by atomic mass is 10.0. The number of allylic oxidation sites excluding steroid dienone is 1. The third kappa shape index (κ3) is 7.48. The zero-order valence-corrected chi connectivity index (χ0v) is 27.8. The van der Waals surface area contributed by atoms with Crippen molar-refractivity contribution in [2.24, 2.45) is 0 Å². The lowest BCUT2D eigenvalue weighted by molar-refractivity contribution is -0.153. The van der Waals surface area contributed by atoms with Crippen LogP contribution in [0, 0.1) is 0 Å². The Balaban J connectivity index is 1.51. The number of benzene rings is 4. The SMILES string of the molecule is CO/C(C)=C(\C(=O)OC(c1ccccc1)c1ccccc1)N1C(=O)C(NC(=O)Oc2ccccc2)C1SS(=O)(=O)c1ccccc1OC. The molecule has 0 radical (unpaired) electrons. The number of β-lactam (4-membered cyclic amide) rings is 1. The Bertz CT molecular complexity index is 1860. The number of nitrogens with zero attached hydrogens (tertiary/aromatic N) is 1. The van der Waals surface area contributed by atoms with Gasteiger partial charge in [0.15, 0.2) is 11.8 Å². The smallest absolute Gasteiger partial charge is 0.413 e. The van der Waals surface area contributed by atoms with E-state index in [1.165, 1.54) is 39.3 Å². The van der Waals surface area contributed by atoms with Crippen LogP contribution in [0.4, 0.5) is 4.79 Å². The zero-order valence-electron chi connectivity index (χ0n) is 26.1. The van der Waals surface area contributed by atoms with E-state index in [4.69, 9.17) is 18.9 Å². The van der Waals surface area contributed by atoms with Crippen LogP contribution in [-0.4, -0.2) is 56.9 Å². The van der Waals surface area contributed by atoms with Crippen LogP contribution < -0.4 is 14.8 Å². The van der Waals surface area contributed by atoms with Crippen LogP contribution in [-0.2, 0) is 27.9 Å². The molecule has 1 heterocycles. The first kappa shape index (κ1) is 34.1. The van der Waals surface area contributed by atoms with E-state index in [1.807, 2.05) is 12.1 Å². The number of methoxy groups -OCH3 is 2. The van der Waals surface area contributed by atoms with Crippen LogP contribution in [0.25, 0.3) is 0 Å². The second-order valence-corrected chi connectivity index (χ2v) is 14.3. The first-order chi connectivity index (χ1) is 23.1. The Labute approximate surface area is 281 Å². The van der Waals surface area contributed by atoms with Crippen LogP contribution >= 0.6 is 10.8 Å². The number of carbonyl (C=O) groups is 3. The summed E-state index contributed by atoms with van der Waals surface area (Å²) in [5.74, 6) is -1.47. The van der Waals surface area contributed by atoms with Gasteiger partial charge in [0.25, 0.3) is 5.91 Å². The minimum atomic E-state index is -4.26. The molecular weight excluding hydrogens is 657 g/mol. The quantitative estimate of drug-likeness (QED) is 0.0653. The summed E-state index contributed by atoms with van der Waals surface area (Å²) in [5.41, 5.74) is 0.991. The number of rotatable bonds is 12. The molecule has 248 valence electrons. The zero-order chi connectivity index (χ0) is 34.3. The third-order valence-corrected chi connectivity index (χ3v) is 11.0. The van der Waals surface area contributed by atoms with Gasteiger partial charge in [-0.15, -0.1) is 0 Å². The van der Waals surface area contributed by atoms with Gasteiger partial charge in [0, 0.05) is 10.8 Å². The molecule has 1 fully saturated rings. The molecule has 11 nitrogen and oxygen atoms in total. The molecule has 0 aliphatic carbocycles. The Kier molecular flexibility index (Phi) is 10.7. The van der Waals surface area contributed by atoms with Gasteiger partial charge in [-0.1, -0.05) is 91.0 Å². The van der Waals surface area contributed by atoms with E-state index in [9.17, 15) is 22.8 Å². The lowest BCUT2D eigenvalue weighted by Gasteiger charge is -2.46. The van der Waals surface area contributed by atoms with Gasteiger partial charge in [0.1, 0.15) is 33.6 Å². The number of ether oxygens (including phenoxy) is 4. The topological polar surface area (TPSA) is 138 Å². The average molecular weight is 689 g/mol. The summed E-state index contributed by atoms with van der Waals surface area (Å²) in [4.78, 5) is 41.6. The standard InChI is InChI=1S/C35H32N2O9S2/c1-23(43-2)30(34(39)46-31(24-15-7-4-8-16-24)25-17-9-5-10-18-25)37-32(38)29(36-35(40)45-26-19-11-6-12-20-26)33(37)47-48(41,42)28-22-14-13-21-27(28)44-3/h4-22,29,31,33H,1-3H3,(H,36,40)/b30-23+. The lowest BCUT2D eigenvalue weighted by Crippen LogP contribution is -2.70. The molecule has 0 bridgehead atoms. The van der Waals surface area contributed by atoms with E-state index in [1.54, 1.807) is 84.9 Å². The number of carbonyl (C=O) groups excluding carboxylic acids is 3. The van der Waals surface area contributed by atoms with Crippen molar-refractivity contribution in [1.29, 1.82) is 0 Å². The number of amides is 2. The van der Waals surface area contributed by atoms with Crippen molar-refractivity contribution in [2.45, 2.75) is 29.3 Å². The van der Waals surface area contributed by atoms with Crippen molar-refractivity contribution < 1.29 is 41.7 Å². The van der Waals surface area contributed by atoms with Gasteiger partial charge in [-0.2, -0.15) is 0 Å². The maximum atomic E-state index is 14.1. The molecule has 13 heteroatoms. The van der Waals surface area contributed by atoms with Crippen LogP contribution in [0.5, 0.6) is 11.5 Å². The second-order valence-electron chi connectivity index (χ2n) is 10.3. The van der Waals surface area contributed by atoms with Crippen molar-refractivity contribution in [3.05, 3.63) is 138 Å². The van der Waals surface area contributed by atoms with Gasteiger partial charge < -0.3 is 24.3 Å². The van der Waals surface area contributed by atoms with E-state index in [0.717, 1.165) is 4.90 Å². The maximum absolute atomic E-state index is 14.1. The monoisotopic (exact) mass is 688 g/mol. The normalized spacial score (nSPS) is 16.3. The molecule has 1 aliphatic heterocycles. The molecule has 0 spiro atoms. The van der Waals surface area contributed by atoms with Gasteiger partial charge in [0.05, 0.1) is 14.2 Å². The summed E-state index contributed by atoms with van der Waals surface area (Å²) >= 11 is 0. The van der Waals surface area contributed by atoms with E-state index >= 15 is 0 Å². The highest BCUT2D eigenvalue weighted by atomic mass is 33.1. The fourth-order valence-electron chi connectivity index (χ4n) is 4.95. The molecule has 1 aliphatic rings. The van der Waals surface area contributed by atoms with Crippen molar-refractivity contribution >= 4 is 37.6 Å². The molecule has 1 saturated heterocycles. The van der Waals surface area contributed by atoms with Crippen LogP contribution in [0.3, 0.4) is 0 Å². The molecule has 4 aromatic carbocycles. The highest BCUT2D eigenvalue weighted by molar-refractivity contribution is 8.72. The molecule has 0 aromatic heterocycles. The molecule has 2 atom stereocenters. The highest BCUT2D eigenvalue weighted by Gasteiger charge is 2.55. The predicted octanol–water partition coefficient (Wildman–Crippen LogP) is 5.65. The number of esters is 1. The van der Waals surface area contributed by atoms with Crippen LogP contribution in [0.1, 0.15) is 24.2 Å².